The molecule has 0 spiro atoms. The van der Waals surface area contributed by atoms with Gasteiger partial charge in [-0.25, -0.2) is 9.97 Å². The largest absolute Gasteiger partial charge is 0.506 e. The van der Waals surface area contributed by atoms with Gasteiger partial charge in [0.25, 0.3) is 0 Å². The first kappa shape index (κ1) is 11.7. The van der Waals surface area contributed by atoms with Crippen LogP contribution in [0.3, 0.4) is 0 Å². The zero-order valence-corrected chi connectivity index (χ0v) is 10.6. The number of nitrogens with one attached hydrogen (secondary N) is 1. The van der Waals surface area contributed by atoms with E-state index < -0.39 is 0 Å². The van der Waals surface area contributed by atoms with E-state index in [1.807, 2.05) is 24.3 Å². The Kier molecular flexibility index (Phi) is 2.93. The van der Waals surface area contributed by atoms with Gasteiger partial charge in [-0.15, -0.1) is 0 Å². The monoisotopic (exact) mass is 271 g/mol. The van der Waals surface area contributed by atoms with Gasteiger partial charge in [0.1, 0.15) is 22.9 Å². The summed E-state index contributed by atoms with van der Waals surface area (Å²) in [6, 6.07) is 12.3. The van der Waals surface area contributed by atoms with E-state index in [0.717, 1.165) is 0 Å². The molecule has 0 aliphatic heterocycles. The van der Waals surface area contributed by atoms with Gasteiger partial charge in [-0.2, -0.15) is 0 Å². The number of hydrogen-bond acceptors (Lipinski definition) is 4. The molecule has 4 nitrogen and oxygen atoms in total. The maximum absolute atomic E-state index is 9.82. The predicted octanol–water partition coefficient (Wildman–Crippen LogP) is 3.73. The van der Waals surface area contributed by atoms with Crippen LogP contribution in [0.5, 0.6) is 5.75 Å². The number of halogens is 1. The van der Waals surface area contributed by atoms with Crippen LogP contribution in [0, 0.1) is 0 Å². The summed E-state index contributed by atoms with van der Waals surface area (Å²) in [4.78, 5) is 8.50. The molecule has 3 aromatic rings. The average Bonchev–Trinajstić information content (AvgIpc) is 2.44. The molecule has 0 aliphatic rings. The highest BCUT2D eigenvalue weighted by Gasteiger charge is 2.06. The molecule has 2 aromatic heterocycles. The van der Waals surface area contributed by atoms with Crippen molar-refractivity contribution in [3.63, 3.8) is 0 Å². The zero-order valence-electron chi connectivity index (χ0n) is 9.84. The summed E-state index contributed by atoms with van der Waals surface area (Å²) in [6.07, 6.45) is 1.69. The number of aromatic nitrogens is 2. The van der Waals surface area contributed by atoms with Crippen molar-refractivity contribution in [1.29, 1.82) is 0 Å². The van der Waals surface area contributed by atoms with E-state index in [1.54, 1.807) is 18.3 Å². The van der Waals surface area contributed by atoms with Crippen molar-refractivity contribution in [3.8, 4) is 5.75 Å². The van der Waals surface area contributed by atoms with Crippen molar-refractivity contribution in [2.45, 2.75) is 0 Å². The Hall–Kier alpha value is -2.33. The second-order valence-electron chi connectivity index (χ2n) is 4.00. The second-order valence-corrected chi connectivity index (χ2v) is 4.41. The first-order valence-electron chi connectivity index (χ1n) is 5.70. The molecular weight excluding hydrogens is 262 g/mol. The number of phenolic OH excluding ortho intramolecular Hbond substituents is 1. The molecular formula is C14H10ClN3O. The average molecular weight is 272 g/mol. The number of phenols is 1. The van der Waals surface area contributed by atoms with Crippen molar-refractivity contribution < 1.29 is 5.11 Å². The lowest BCUT2D eigenvalue weighted by atomic mass is 10.2. The molecule has 0 unspecified atom stereocenters. The second kappa shape index (κ2) is 4.74. The SMILES string of the molecule is Oc1ccc(Cl)c2ccc(Nc3ccccn3)nc12. The highest BCUT2D eigenvalue weighted by Crippen LogP contribution is 2.30. The predicted molar refractivity (Wildman–Crippen MR) is 75.9 cm³/mol. The summed E-state index contributed by atoms with van der Waals surface area (Å²) in [5.74, 6) is 1.39. The van der Waals surface area contributed by atoms with Crippen LogP contribution in [-0.4, -0.2) is 15.1 Å². The number of anilines is 2. The molecule has 0 bridgehead atoms. The standard InChI is InChI=1S/C14H10ClN3O/c15-10-5-6-11(19)14-9(10)4-7-13(18-14)17-12-3-1-2-8-16-12/h1-8,19H,(H,16,17,18). The summed E-state index contributed by atoms with van der Waals surface area (Å²) in [5, 5.41) is 14.2. The van der Waals surface area contributed by atoms with E-state index in [2.05, 4.69) is 15.3 Å². The molecule has 0 amide bonds. The molecule has 0 atom stereocenters. The van der Waals surface area contributed by atoms with E-state index in [-0.39, 0.29) is 5.75 Å². The number of rotatable bonds is 2. The van der Waals surface area contributed by atoms with Crippen LogP contribution in [0.25, 0.3) is 10.9 Å². The van der Waals surface area contributed by atoms with Crippen LogP contribution < -0.4 is 5.32 Å². The van der Waals surface area contributed by atoms with E-state index in [1.165, 1.54) is 6.07 Å². The molecule has 0 aliphatic carbocycles. The topological polar surface area (TPSA) is 58.0 Å². The Morgan fingerprint density at radius 3 is 2.68 bits per heavy atom. The number of hydrogen-bond donors (Lipinski definition) is 2. The van der Waals surface area contributed by atoms with Crippen LogP contribution in [0.15, 0.2) is 48.7 Å². The summed E-state index contributed by atoms with van der Waals surface area (Å²) in [6.45, 7) is 0. The molecule has 3 rings (SSSR count). The van der Waals surface area contributed by atoms with Gasteiger partial charge in [-0.3, -0.25) is 0 Å². The fourth-order valence-corrected chi connectivity index (χ4v) is 2.02. The van der Waals surface area contributed by atoms with Gasteiger partial charge < -0.3 is 10.4 Å². The van der Waals surface area contributed by atoms with Crippen molar-refractivity contribution in [2.75, 3.05) is 5.32 Å². The van der Waals surface area contributed by atoms with Gasteiger partial charge in [-0.05, 0) is 36.4 Å². The van der Waals surface area contributed by atoms with Gasteiger partial charge in [0, 0.05) is 11.6 Å². The first-order valence-corrected chi connectivity index (χ1v) is 6.08. The van der Waals surface area contributed by atoms with Crippen LogP contribution in [0.4, 0.5) is 11.6 Å². The fraction of sp³-hybridized carbons (Fsp3) is 0. The summed E-state index contributed by atoms with van der Waals surface area (Å²) in [5.41, 5.74) is 0.466. The molecule has 94 valence electrons. The Morgan fingerprint density at radius 1 is 1.00 bits per heavy atom. The van der Waals surface area contributed by atoms with Gasteiger partial charge in [0.05, 0.1) is 5.02 Å². The fourth-order valence-electron chi connectivity index (χ4n) is 1.81. The Labute approximate surface area is 114 Å². The third kappa shape index (κ3) is 2.30. The van der Waals surface area contributed by atoms with Crippen LogP contribution in [0.2, 0.25) is 5.02 Å². The third-order valence-corrected chi connectivity index (χ3v) is 3.03. The highest BCUT2D eigenvalue weighted by molar-refractivity contribution is 6.35. The molecule has 0 saturated carbocycles. The Morgan fingerprint density at radius 2 is 1.89 bits per heavy atom. The van der Waals surface area contributed by atoms with Gasteiger partial charge in [0.2, 0.25) is 0 Å². The van der Waals surface area contributed by atoms with E-state index in [9.17, 15) is 5.11 Å². The summed E-state index contributed by atoms with van der Waals surface area (Å²) >= 11 is 6.06. The lowest BCUT2D eigenvalue weighted by Gasteiger charge is -2.07. The number of benzene rings is 1. The number of fused-ring (bicyclic) bond motifs is 1. The van der Waals surface area contributed by atoms with Crippen molar-refractivity contribution in [2.24, 2.45) is 0 Å². The normalized spacial score (nSPS) is 10.6. The van der Waals surface area contributed by atoms with E-state index in [4.69, 9.17) is 11.6 Å². The smallest absolute Gasteiger partial charge is 0.142 e. The number of pyridine rings is 2. The van der Waals surface area contributed by atoms with E-state index in [0.29, 0.717) is 27.6 Å². The maximum atomic E-state index is 9.82. The molecule has 1 aromatic carbocycles. The van der Waals surface area contributed by atoms with Crippen LogP contribution in [-0.2, 0) is 0 Å². The lowest BCUT2D eigenvalue weighted by Crippen LogP contribution is -1.95. The molecule has 0 saturated heterocycles. The molecule has 5 heteroatoms. The van der Waals surface area contributed by atoms with Gasteiger partial charge in [-0.1, -0.05) is 17.7 Å². The molecule has 0 fully saturated rings. The van der Waals surface area contributed by atoms with Crippen LogP contribution in [0.1, 0.15) is 0 Å². The Bertz CT molecular complexity index is 731. The lowest BCUT2D eigenvalue weighted by molar-refractivity contribution is 0.480. The third-order valence-electron chi connectivity index (χ3n) is 2.70. The Balaban J connectivity index is 2.05. The first-order chi connectivity index (χ1) is 9.24. The van der Waals surface area contributed by atoms with Crippen molar-refractivity contribution >= 4 is 34.1 Å². The molecule has 2 N–H and O–H groups in total. The van der Waals surface area contributed by atoms with E-state index >= 15 is 0 Å². The number of aromatic hydroxyl groups is 1. The quantitative estimate of drug-likeness (QED) is 0.746. The molecule has 19 heavy (non-hydrogen) atoms. The van der Waals surface area contributed by atoms with Crippen molar-refractivity contribution in [3.05, 3.63) is 53.7 Å². The summed E-state index contributed by atoms with van der Waals surface area (Å²) in [7, 11) is 0. The van der Waals surface area contributed by atoms with Gasteiger partial charge >= 0.3 is 0 Å². The molecule has 2 heterocycles. The van der Waals surface area contributed by atoms with Crippen molar-refractivity contribution in [1.82, 2.24) is 9.97 Å². The minimum Gasteiger partial charge on any atom is -0.506 e. The minimum atomic E-state index is 0.101. The highest BCUT2D eigenvalue weighted by atomic mass is 35.5. The zero-order chi connectivity index (χ0) is 13.2. The van der Waals surface area contributed by atoms with Gasteiger partial charge in [0.15, 0.2) is 0 Å². The molecule has 0 radical (unpaired) electrons. The summed E-state index contributed by atoms with van der Waals surface area (Å²) < 4.78 is 0. The van der Waals surface area contributed by atoms with Crippen LogP contribution >= 0.6 is 11.6 Å². The number of nitrogens with zero attached hydrogens (tertiary/aromatic N) is 2. The minimum absolute atomic E-state index is 0.101. The maximum Gasteiger partial charge on any atom is 0.142 e.